The molecule has 0 saturated carbocycles. The number of nitrogens with one attached hydrogen (secondary N) is 1. The number of nitrogens with zero attached hydrogens (tertiary/aromatic N) is 1. The number of hydrogen-bond acceptors (Lipinski definition) is 3. The molecular weight excluding hydrogens is 266 g/mol. The lowest BCUT2D eigenvalue weighted by Gasteiger charge is -2.03. The number of amides is 1. The maximum Gasteiger partial charge on any atom is 0.248 e. The Labute approximate surface area is 120 Å². The molecule has 4 rings (SSSR count). The second-order valence-electron chi connectivity index (χ2n) is 5.12. The van der Waals surface area contributed by atoms with E-state index in [4.69, 9.17) is 10.5 Å². The molecule has 0 atom stereocenters. The third kappa shape index (κ3) is 1.86. The Hall–Kier alpha value is -2.82. The van der Waals surface area contributed by atoms with Crippen LogP contribution in [0.2, 0.25) is 0 Å². The number of benzene rings is 2. The van der Waals surface area contributed by atoms with Crippen LogP contribution in [0.25, 0.3) is 22.2 Å². The van der Waals surface area contributed by atoms with Crippen LogP contribution in [0.1, 0.15) is 15.9 Å². The Balaban J connectivity index is 1.90. The molecule has 0 radical (unpaired) electrons. The predicted octanol–water partition coefficient (Wildman–Crippen LogP) is 2.26. The van der Waals surface area contributed by atoms with Crippen LogP contribution in [0.15, 0.2) is 36.4 Å². The van der Waals surface area contributed by atoms with Crippen molar-refractivity contribution in [3.8, 4) is 17.0 Å². The number of ether oxygens (including phenoxy) is 1. The summed E-state index contributed by atoms with van der Waals surface area (Å²) < 4.78 is 5.52. The van der Waals surface area contributed by atoms with Crippen LogP contribution in [0.5, 0.6) is 5.75 Å². The number of aromatic amines is 1. The van der Waals surface area contributed by atoms with Gasteiger partial charge in [0.15, 0.2) is 0 Å². The lowest BCUT2D eigenvalue weighted by Crippen LogP contribution is -2.10. The van der Waals surface area contributed by atoms with E-state index in [0.29, 0.717) is 5.56 Å². The number of aromatic nitrogens is 2. The van der Waals surface area contributed by atoms with Gasteiger partial charge in [0.2, 0.25) is 5.91 Å². The molecule has 2 aromatic carbocycles. The molecule has 0 saturated heterocycles. The fourth-order valence-corrected chi connectivity index (χ4v) is 2.72. The summed E-state index contributed by atoms with van der Waals surface area (Å²) in [5.41, 5.74) is 9.73. The zero-order chi connectivity index (χ0) is 14.4. The Morgan fingerprint density at radius 3 is 3.00 bits per heavy atom. The van der Waals surface area contributed by atoms with E-state index in [0.717, 1.165) is 40.9 Å². The van der Waals surface area contributed by atoms with E-state index in [1.165, 1.54) is 5.56 Å². The zero-order valence-electron chi connectivity index (χ0n) is 11.2. The van der Waals surface area contributed by atoms with Crippen molar-refractivity contribution in [2.45, 2.75) is 6.42 Å². The number of hydrogen-bond donors (Lipinski definition) is 2. The van der Waals surface area contributed by atoms with Crippen molar-refractivity contribution in [1.29, 1.82) is 0 Å². The van der Waals surface area contributed by atoms with Gasteiger partial charge in [-0.05, 0) is 42.0 Å². The van der Waals surface area contributed by atoms with Crippen molar-refractivity contribution in [3.63, 3.8) is 0 Å². The second-order valence-corrected chi connectivity index (χ2v) is 5.12. The van der Waals surface area contributed by atoms with Crippen LogP contribution in [0.4, 0.5) is 0 Å². The minimum atomic E-state index is -0.439. The van der Waals surface area contributed by atoms with Gasteiger partial charge in [0.05, 0.1) is 17.8 Å². The average molecular weight is 279 g/mol. The molecule has 5 nitrogen and oxygen atoms in total. The van der Waals surface area contributed by atoms with Gasteiger partial charge in [-0.1, -0.05) is 0 Å². The molecule has 0 fully saturated rings. The van der Waals surface area contributed by atoms with Gasteiger partial charge in [0.25, 0.3) is 0 Å². The van der Waals surface area contributed by atoms with Crippen LogP contribution in [0.3, 0.4) is 0 Å². The molecule has 3 N–H and O–H groups in total. The van der Waals surface area contributed by atoms with E-state index in [2.05, 4.69) is 16.3 Å². The largest absolute Gasteiger partial charge is 0.493 e. The van der Waals surface area contributed by atoms with Gasteiger partial charge >= 0.3 is 0 Å². The zero-order valence-corrected chi connectivity index (χ0v) is 11.2. The number of fused-ring (bicyclic) bond motifs is 2. The number of rotatable bonds is 2. The third-order valence-electron chi connectivity index (χ3n) is 3.81. The first-order chi connectivity index (χ1) is 10.2. The van der Waals surface area contributed by atoms with Gasteiger partial charge in [-0.25, -0.2) is 0 Å². The second kappa shape index (κ2) is 4.34. The van der Waals surface area contributed by atoms with Gasteiger partial charge in [-0.15, -0.1) is 0 Å². The fraction of sp³-hybridized carbons (Fsp3) is 0.125. The topological polar surface area (TPSA) is 81.0 Å². The summed E-state index contributed by atoms with van der Waals surface area (Å²) in [6.45, 7) is 0.728. The van der Waals surface area contributed by atoms with Crippen molar-refractivity contribution < 1.29 is 9.53 Å². The summed E-state index contributed by atoms with van der Waals surface area (Å²) in [5.74, 6) is 0.503. The molecule has 1 aliphatic heterocycles. The Morgan fingerprint density at radius 2 is 2.14 bits per heavy atom. The highest BCUT2D eigenvalue weighted by atomic mass is 16.5. The SMILES string of the molecule is NC(=O)c1ccc2[nH]nc(-c3ccc4c(c3)CCO4)c2c1. The molecule has 0 aliphatic carbocycles. The van der Waals surface area contributed by atoms with E-state index in [1.54, 1.807) is 12.1 Å². The van der Waals surface area contributed by atoms with Crippen LogP contribution in [-0.4, -0.2) is 22.7 Å². The lowest BCUT2D eigenvalue weighted by atomic mass is 10.0. The van der Waals surface area contributed by atoms with Crippen LogP contribution >= 0.6 is 0 Å². The first-order valence-electron chi connectivity index (χ1n) is 6.76. The Morgan fingerprint density at radius 1 is 1.24 bits per heavy atom. The van der Waals surface area contributed by atoms with Gasteiger partial charge in [0.1, 0.15) is 5.75 Å². The summed E-state index contributed by atoms with van der Waals surface area (Å²) >= 11 is 0. The Bertz CT molecular complexity index is 867. The molecule has 2 heterocycles. The molecule has 1 aliphatic rings. The molecule has 3 aromatic rings. The number of carbonyl (C=O) groups excluding carboxylic acids is 1. The summed E-state index contributed by atoms with van der Waals surface area (Å²) in [6, 6.07) is 11.3. The predicted molar refractivity (Wildman–Crippen MR) is 79.2 cm³/mol. The maximum atomic E-state index is 11.3. The maximum absolute atomic E-state index is 11.3. The third-order valence-corrected chi connectivity index (χ3v) is 3.81. The highest BCUT2D eigenvalue weighted by Gasteiger charge is 2.15. The van der Waals surface area contributed by atoms with Crippen molar-refractivity contribution in [3.05, 3.63) is 47.5 Å². The highest BCUT2D eigenvalue weighted by Crippen LogP contribution is 2.32. The molecule has 0 bridgehead atoms. The molecule has 1 amide bonds. The highest BCUT2D eigenvalue weighted by molar-refractivity contribution is 6.00. The number of H-pyrrole nitrogens is 1. The van der Waals surface area contributed by atoms with E-state index in [1.807, 2.05) is 18.2 Å². The van der Waals surface area contributed by atoms with E-state index in [-0.39, 0.29) is 0 Å². The number of carbonyl (C=O) groups is 1. The van der Waals surface area contributed by atoms with Crippen molar-refractivity contribution in [2.75, 3.05) is 6.61 Å². The van der Waals surface area contributed by atoms with E-state index in [9.17, 15) is 4.79 Å². The van der Waals surface area contributed by atoms with Gasteiger partial charge in [-0.2, -0.15) is 5.10 Å². The van der Waals surface area contributed by atoms with E-state index < -0.39 is 5.91 Å². The molecular formula is C16H13N3O2. The van der Waals surface area contributed by atoms with Crippen molar-refractivity contribution >= 4 is 16.8 Å². The van der Waals surface area contributed by atoms with Crippen LogP contribution < -0.4 is 10.5 Å². The minimum absolute atomic E-state index is 0.439. The van der Waals surface area contributed by atoms with E-state index >= 15 is 0 Å². The minimum Gasteiger partial charge on any atom is -0.493 e. The normalized spacial score (nSPS) is 13.1. The number of primary amides is 1. The first kappa shape index (κ1) is 12.0. The fourth-order valence-electron chi connectivity index (χ4n) is 2.72. The summed E-state index contributed by atoms with van der Waals surface area (Å²) in [7, 11) is 0. The molecule has 21 heavy (non-hydrogen) atoms. The first-order valence-corrected chi connectivity index (χ1v) is 6.76. The van der Waals surface area contributed by atoms with Gasteiger partial charge in [0, 0.05) is 22.9 Å². The average Bonchev–Trinajstić information content (AvgIpc) is 3.12. The summed E-state index contributed by atoms with van der Waals surface area (Å²) in [4.78, 5) is 11.3. The lowest BCUT2D eigenvalue weighted by molar-refractivity contribution is 0.100. The van der Waals surface area contributed by atoms with Crippen LogP contribution in [0, 0.1) is 0 Å². The van der Waals surface area contributed by atoms with Gasteiger partial charge < -0.3 is 10.5 Å². The standard InChI is InChI=1S/C16H13N3O2/c17-16(20)11-1-3-13-12(8-11)15(19-18-13)10-2-4-14-9(7-10)5-6-21-14/h1-4,7-8H,5-6H2,(H2,17,20)(H,18,19). The monoisotopic (exact) mass is 279 g/mol. The smallest absolute Gasteiger partial charge is 0.248 e. The Kier molecular flexibility index (Phi) is 2.47. The van der Waals surface area contributed by atoms with Crippen molar-refractivity contribution in [1.82, 2.24) is 10.2 Å². The molecule has 1 aromatic heterocycles. The molecule has 104 valence electrons. The van der Waals surface area contributed by atoms with Crippen LogP contribution in [-0.2, 0) is 6.42 Å². The summed E-state index contributed by atoms with van der Waals surface area (Å²) in [6.07, 6.45) is 0.915. The molecule has 0 spiro atoms. The quantitative estimate of drug-likeness (QED) is 0.755. The van der Waals surface area contributed by atoms with Crippen molar-refractivity contribution in [2.24, 2.45) is 5.73 Å². The number of nitrogens with two attached hydrogens (primary N) is 1. The molecule has 0 unspecified atom stereocenters. The summed E-state index contributed by atoms with van der Waals surface area (Å²) in [5, 5.41) is 8.25. The van der Waals surface area contributed by atoms with Gasteiger partial charge in [-0.3, -0.25) is 9.89 Å². The molecule has 5 heteroatoms.